The third kappa shape index (κ3) is 3.64. The van der Waals surface area contributed by atoms with Gasteiger partial charge in [-0.15, -0.1) is 0 Å². The number of fused-ring (bicyclic) bond motifs is 2. The van der Waals surface area contributed by atoms with E-state index in [0.29, 0.717) is 13.0 Å². The maximum Gasteiger partial charge on any atom is 0.129 e. The van der Waals surface area contributed by atoms with E-state index < -0.39 is 12.2 Å². The minimum atomic E-state index is -0.523. The number of ether oxygens (including phenoxy) is 3. The summed E-state index contributed by atoms with van der Waals surface area (Å²) >= 11 is 0. The quantitative estimate of drug-likeness (QED) is 0.806. The molecule has 1 spiro atoms. The normalized spacial score (nSPS) is 23.2. The Bertz CT molecular complexity index is 922. The molecular formula is C24H29NO5. The Balaban J connectivity index is 1.23. The van der Waals surface area contributed by atoms with Crippen LogP contribution in [-0.4, -0.2) is 54.1 Å². The van der Waals surface area contributed by atoms with Crippen molar-refractivity contribution in [2.45, 2.75) is 43.5 Å². The summed E-state index contributed by atoms with van der Waals surface area (Å²) in [7, 11) is 1.63. The Hall–Kier alpha value is -2.28. The first kappa shape index (κ1) is 19.7. The molecule has 1 saturated heterocycles. The molecule has 3 heterocycles. The summed E-state index contributed by atoms with van der Waals surface area (Å²) in [5, 5.41) is 21.5. The lowest BCUT2D eigenvalue weighted by Gasteiger charge is -2.46. The minimum absolute atomic E-state index is 0.356. The zero-order chi connectivity index (χ0) is 20.7. The van der Waals surface area contributed by atoms with E-state index in [0.717, 1.165) is 67.3 Å². The van der Waals surface area contributed by atoms with E-state index in [1.807, 2.05) is 30.3 Å². The van der Waals surface area contributed by atoms with Crippen molar-refractivity contribution in [3.8, 4) is 17.2 Å². The number of rotatable bonds is 4. The predicted octanol–water partition coefficient (Wildman–Crippen LogP) is 3.01. The van der Waals surface area contributed by atoms with Gasteiger partial charge in [0.25, 0.3) is 0 Å². The zero-order valence-corrected chi connectivity index (χ0v) is 17.3. The molecule has 0 radical (unpaired) electrons. The van der Waals surface area contributed by atoms with Crippen LogP contribution in [0.5, 0.6) is 17.2 Å². The van der Waals surface area contributed by atoms with E-state index in [1.54, 1.807) is 7.11 Å². The van der Waals surface area contributed by atoms with Crippen LogP contribution in [0.2, 0.25) is 0 Å². The van der Waals surface area contributed by atoms with Crippen molar-refractivity contribution in [2.75, 3.05) is 33.4 Å². The lowest BCUT2D eigenvalue weighted by Crippen LogP contribution is -2.51. The monoisotopic (exact) mass is 411 g/mol. The Morgan fingerprint density at radius 1 is 1.17 bits per heavy atom. The van der Waals surface area contributed by atoms with Gasteiger partial charge >= 0.3 is 0 Å². The Labute approximate surface area is 177 Å². The van der Waals surface area contributed by atoms with Gasteiger partial charge in [0.2, 0.25) is 0 Å². The van der Waals surface area contributed by atoms with Crippen molar-refractivity contribution in [1.29, 1.82) is 0 Å². The highest BCUT2D eigenvalue weighted by molar-refractivity contribution is 5.44. The van der Waals surface area contributed by atoms with Crippen LogP contribution >= 0.6 is 0 Å². The summed E-state index contributed by atoms with van der Waals surface area (Å²) < 4.78 is 17.3. The van der Waals surface area contributed by atoms with Crippen molar-refractivity contribution in [1.82, 2.24) is 4.90 Å². The van der Waals surface area contributed by atoms with E-state index in [-0.39, 0.29) is 5.60 Å². The molecule has 1 fully saturated rings. The molecule has 2 aromatic carbocycles. The molecule has 2 N–H and O–H groups in total. The third-order valence-corrected chi connectivity index (χ3v) is 6.77. The zero-order valence-electron chi connectivity index (χ0n) is 17.3. The molecule has 5 rings (SSSR count). The van der Waals surface area contributed by atoms with Gasteiger partial charge in [0.05, 0.1) is 25.9 Å². The number of piperidine rings is 1. The highest BCUT2D eigenvalue weighted by Crippen LogP contribution is 2.45. The van der Waals surface area contributed by atoms with Crippen LogP contribution in [0.25, 0.3) is 0 Å². The smallest absolute Gasteiger partial charge is 0.129 e. The standard InChI is InChI=1S/C24H29NO5/c1-28-18-3-4-19-20(26)14-24(30-23(19)13-18)7-9-25(10-8-24)15-21(27)16-2-5-22-17(12-16)6-11-29-22/h2-5,12-13,20-21,26-27H,6-11,14-15H2,1H3/t20-,21-/m0/s1. The Morgan fingerprint density at radius 3 is 2.80 bits per heavy atom. The fourth-order valence-electron chi connectivity index (χ4n) is 4.96. The van der Waals surface area contributed by atoms with Gasteiger partial charge in [0.1, 0.15) is 22.8 Å². The van der Waals surface area contributed by atoms with Gasteiger partial charge in [-0.1, -0.05) is 6.07 Å². The van der Waals surface area contributed by atoms with Crippen LogP contribution in [-0.2, 0) is 6.42 Å². The largest absolute Gasteiger partial charge is 0.497 e. The lowest BCUT2D eigenvalue weighted by molar-refractivity contribution is -0.0588. The van der Waals surface area contributed by atoms with Crippen LogP contribution in [0, 0.1) is 0 Å². The van der Waals surface area contributed by atoms with Crippen molar-refractivity contribution in [2.24, 2.45) is 0 Å². The van der Waals surface area contributed by atoms with Gasteiger partial charge in [0, 0.05) is 44.1 Å². The molecule has 0 aromatic heterocycles. The SMILES string of the molecule is COc1ccc2c(c1)OC1(CCN(C[C@H](O)c3ccc4c(c3)CCO4)CC1)C[C@@H]2O. The first-order valence-electron chi connectivity index (χ1n) is 10.8. The summed E-state index contributed by atoms with van der Waals surface area (Å²) in [6.45, 7) is 2.99. The molecule has 30 heavy (non-hydrogen) atoms. The first-order chi connectivity index (χ1) is 14.5. The number of hydrogen-bond donors (Lipinski definition) is 2. The number of aliphatic hydroxyl groups is 2. The van der Waals surface area contributed by atoms with Gasteiger partial charge in [-0.25, -0.2) is 0 Å². The summed E-state index contributed by atoms with van der Waals surface area (Å²) in [6, 6.07) is 11.6. The molecule has 3 aliphatic heterocycles. The fourth-order valence-corrected chi connectivity index (χ4v) is 4.96. The van der Waals surface area contributed by atoms with Crippen LogP contribution in [0.3, 0.4) is 0 Å². The predicted molar refractivity (Wildman–Crippen MR) is 112 cm³/mol. The molecule has 0 bridgehead atoms. The van der Waals surface area contributed by atoms with Crippen molar-refractivity contribution < 1.29 is 24.4 Å². The molecule has 0 aliphatic carbocycles. The molecule has 160 valence electrons. The highest BCUT2D eigenvalue weighted by atomic mass is 16.5. The molecule has 0 amide bonds. The number of aliphatic hydroxyl groups excluding tert-OH is 2. The van der Waals surface area contributed by atoms with E-state index in [1.165, 1.54) is 5.56 Å². The molecular weight excluding hydrogens is 382 g/mol. The van der Waals surface area contributed by atoms with Gasteiger partial charge in [-0.2, -0.15) is 0 Å². The van der Waals surface area contributed by atoms with Gasteiger partial charge in [-0.3, -0.25) is 0 Å². The molecule has 6 nitrogen and oxygen atoms in total. The molecule has 2 atom stereocenters. The van der Waals surface area contributed by atoms with Gasteiger partial charge < -0.3 is 29.3 Å². The maximum absolute atomic E-state index is 10.8. The molecule has 3 aliphatic rings. The van der Waals surface area contributed by atoms with Crippen LogP contribution in [0.1, 0.15) is 48.2 Å². The van der Waals surface area contributed by atoms with Crippen molar-refractivity contribution in [3.05, 3.63) is 53.1 Å². The van der Waals surface area contributed by atoms with Gasteiger partial charge in [-0.05, 0) is 48.2 Å². The Morgan fingerprint density at radius 2 is 2.00 bits per heavy atom. The number of methoxy groups -OCH3 is 1. The van der Waals surface area contributed by atoms with Crippen molar-refractivity contribution >= 4 is 0 Å². The van der Waals surface area contributed by atoms with E-state index >= 15 is 0 Å². The highest BCUT2D eigenvalue weighted by Gasteiger charge is 2.43. The maximum atomic E-state index is 10.8. The summed E-state index contributed by atoms with van der Waals surface area (Å²) in [5.74, 6) is 2.40. The average Bonchev–Trinajstić information content (AvgIpc) is 3.23. The number of benzene rings is 2. The second-order valence-corrected chi connectivity index (χ2v) is 8.69. The molecule has 6 heteroatoms. The topological polar surface area (TPSA) is 71.4 Å². The number of β-amino-alcohol motifs (C(OH)–C–C–N with tert-alkyl or cyclic N) is 1. The second kappa shape index (κ2) is 7.76. The first-order valence-corrected chi connectivity index (χ1v) is 10.8. The van der Waals surface area contributed by atoms with E-state index in [4.69, 9.17) is 14.2 Å². The third-order valence-electron chi connectivity index (χ3n) is 6.77. The van der Waals surface area contributed by atoms with Gasteiger partial charge in [0.15, 0.2) is 0 Å². The Kier molecular flexibility index (Phi) is 5.09. The molecule has 0 saturated carbocycles. The number of hydrogen-bond acceptors (Lipinski definition) is 6. The lowest BCUT2D eigenvalue weighted by atomic mass is 9.81. The molecule has 0 unspecified atom stereocenters. The number of nitrogens with zero attached hydrogens (tertiary/aromatic N) is 1. The minimum Gasteiger partial charge on any atom is -0.497 e. The van der Waals surface area contributed by atoms with Crippen molar-refractivity contribution in [3.63, 3.8) is 0 Å². The number of likely N-dealkylation sites (tertiary alicyclic amines) is 1. The summed E-state index contributed by atoms with van der Waals surface area (Å²) in [5.41, 5.74) is 2.61. The van der Waals surface area contributed by atoms with Crippen LogP contribution in [0.15, 0.2) is 36.4 Å². The fraction of sp³-hybridized carbons (Fsp3) is 0.500. The van der Waals surface area contributed by atoms with E-state index in [2.05, 4.69) is 11.0 Å². The average molecular weight is 411 g/mol. The second-order valence-electron chi connectivity index (χ2n) is 8.69. The van der Waals surface area contributed by atoms with Crippen LogP contribution < -0.4 is 14.2 Å². The van der Waals surface area contributed by atoms with E-state index in [9.17, 15) is 10.2 Å². The van der Waals surface area contributed by atoms with Crippen LogP contribution in [0.4, 0.5) is 0 Å². The molecule has 2 aromatic rings. The summed E-state index contributed by atoms with van der Waals surface area (Å²) in [6.07, 6.45) is 2.12. The summed E-state index contributed by atoms with van der Waals surface area (Å²) in [4.78, 5) is 2.29.